The minimum atomic E-state index is -4.85. The molecule has 1 fully saturated rings. The average molecular weight is 453 g/mol. The van der Waals surface area contributed by atoms with Gasteiger partial charge in [0.1, 0.15) is 11.7 Å². The third kappa shape index (κ3) is 3.08. The van der Waals surface area contributed by atoms with Crippen molar-refractivity contribution in [3.63, 3.8) is 0 Å². The monoisotopic (exact) mass is 452 g/mol. The number of ether oxygens (including phenoxy) is 1. The van der Waals surface area contributed by atoms with Crippen molar-refractivity contribution in [2.24, 2.45) is 16.7 Å². The number of aliphatic hydroxyl groups is 2. The Kier molecular flexibility index (Phi) is 4.78. The largest absolute Gasteiger partial charge is 0.456 e. The summed E-state index contributed by atoms with van der Waals surface area (Å²) in [4.78, 5) is 25.5. The lowest BCUT2D eigenvalue weighted by Gasteiger charge is -2.40. The minimum absolute atomic E-state index is 0.0493. The van der Waals surface area contributed by atoms with Crippen LogP contribution in [-0.2, 0) is 24.5 Å². The molecule has 1 spiro atoms. The molecule has 1 saturated carbocycles. The first kappa shape index (κ1) is 22.1. The summed E-state index contributed by atoms with van der Waals surface area (Å²) in [5.41, 5.74) is -1.74. The number of hydrogen-bond donors (Lipinski definition) is 2. The highest BCUT2D eigenvalue weighted by Crippen LogP contribution is 2.65. The summed E-state index contributed by atoms with van der Waals surface area (Å²) < 4.78 is 40.9. The molecule has 4 rings (SSSR count). The molecule has 0 aromatic heterocycles. The fourth-order valence-corrected chi connectivity index (χ4v) is 5.65. The van der Waals surface area contributed by atoms with Crippen LogP contribution in [-0.4, -0.2) is 48.7 Å². The third-order valence-electron chi connectivity index (χ3n) is 7.34. The van der Waals surface area contributed by atoms with Crippen LogP contribution < -0.4 is 0 Å². The predicted molar refractivity (Wildman–Crippen MR) is 109 cm³/mol. The van der Waals surface area contributed by atoms with Crippen molar-refractivity contribution in [3.05, 3.63) is 45.9 Å². The van der Waals surface area contributed by atoms with Gasteiger partial charge in [-0.3, -0.25) is 9.59 Å². The topological polar surface area (TPSA) is 118 Å². The molecule has 0 saturated heterocycles. The lowest BCUT2D eigenvalue weighted by Crippen LogP contribution is -2.50. The second kappa shape index (κ2) is 6.70. The van der Waals surface area contributed by atoms with Crippen molar-refractivity contribution in [1.29, 1.82) is 0 Å². The lowest BCUT2D eigenvalue weighted by molar-refractivity contribution is -0.155. The number of carbonyl (C=O) groups is 2. The highest BCUT2D eigenvalue weighted by atomic mass is 32.3. The van der Waals surface area contributed by atoms with E-state index >= 15 is 0 Å². The molecule has 4 atom stereocenters. The van der Waals surface area contributed by atoms with Crippen molar-refractivity contribution in [2.75, 3.05) is 6.61 Å². The standard InChI is InChI=1S/C22H25FO7S/c1-12-16-15(17(25)21(3,27)22(12)8-9-22)10-20(2,11-24)18(16)30-19(26)13-4-6-14(7-5-13)31(23,28)29/h4,6-7,10,13,18,24,27H,5,8-9,11H2,1-3H3/t13?,18-,20+,21+/m1/s1. The highest BCUT2D eigenvalue weighted by molar-refractivity contribution is 7.90. The van der Waals surface area contributed by atoms with Gasteiger partial charge in [0.15, 0.2) is 5.78 Å². The minimum Gasteiger partial charge on any atom is -0.456 e. The zero-order valence-electron chi connectivity index (χ0n) is 17.5. The van der Waals surface area contributed by atoms with Gasteiger partial charge in [-0.15, -0.1) is 3.89 Å². The zero-order chi connectivity index (χ0) is 23.0. The van der Waals surface area contributed by atoms with Gasteiger partial charge in [-0.1, -0.05) is 23.8 Å². The molecular formula is C22H25FO7S. The number of esters is 1. The Balaban J connectivity index is 1.66. The molecule has 4 aliphatic rings. The molecule has 0 amide bonds. The maximum Gasteiger partial charge on any atom is 0.331 e. The molecule has 168 valence electrons. The van der Waals surface area contributed by atoms with Crippen LogP contribution in [0.25, 0.3) is 0 Å². The van der Waals surface area contributed by atoms with Gasteiger partial charge in [0.2, 0.25) is 0 Å². The lowest BCUT2D eigenvalue weighted by atomic mass is 9.67. The van der Waals surface area contributed by atoms with Crippen LogP contribution in [0.2, 0.25) is 0 Å². The van der Waals surface area contributed by atoms with Crippen LogP contribution >= 0.6 is 0 Å². The molecule has 0 aliphatic heterocycles. The predicted octanol–water partition coefficient (Wildman–Crippen LogP) is 2.03. The Morgan fingerprint density at radius 2 is 1.97 bits per heavy atom. The number of halogens is 1. The van der Waals surface area contributed by atoms with Crippen LogP contribution in [0, 0.1) is 16.7 Å². The van der Waals surface area contributed by atoms with Crippen LogP contribution in [0.3, 0.4) is 0 Å². The molecule has 0 aromatic carbocycles. The molecule has 0 radical (unpaired) electrons. The molecule has 0 bridgehead atoms. The summed E-state index contributed by atoms with van der Waals surface area (Å²) in [6, 6.07) is 0. The number of Topliss-reactive ketones (excluding diaryl/α,β-unsaturated/α-hetero) is 1. The Hall–Kier alpha value is -2.10. The zero-order valence-corrected chi connectivity index (χ0v) is 18.3. The number of allylic oxidation sites excluding steroid dienone is 2. The van der Waals surface area contributed by atoms with Gasteiger partial charge in [-0.25, -0.2) is 0 Å². The summed E-state index contributed by atoms with van der Waals surface area (Å²) in [5.74, 6) is -1.94. The van der Waals surface area contributed by atoms with Gasteiger partial charge in [0.05, 0.1) is 22.8 Å². The van der Waals surface area contributed by atoms with E-state index in [1.54, 1.807) is 13.0 Å². The second-order valence-corrected chi connectivity index (χ2v) is 10.7. The van der Waals surface area contributed by atoms with Crippen molar-refractivity contribution >= 4 is 22.0 Å². The molecule has 1 unspecified atom stereocenters. The van der Waals surface area contributed by atoms with E-state index in [0.717, 1.165) is 17.7 Å². The maximum absolute atomic E-state index is 13.1. The fourth-order valence-electron chi connectivity index (χ4n) is 5.11. The number of fused-ring (bicyclic) bond motifs is 1. The van der Waals surface area contributed by atoms with Crippen molar-refractivity contribution in [2.45, 2.75) is 51.7 Å². The van der Waals surface area contributed by atoms with Gasteiger partial charge in [-0.05, 0) is 46.1 Å². The third-order valence-corrected chi connectivity index (χ3v) is 8.21. The average Bonchev–Trinajstić information content (AvgIpc) is 3.47. The molecular weight excluding hydrogens is 427 g/mol. The van der Waals surface area contributed by atoms with Crippen LogP contribution in [0.5, 0.6) is 0 Å². The normalized spacial score (nSPS) is 36.3. The first-order chi connectivity index (χ1) is 14.3. The van der Waals surface area contributed by atoms with Gasteiger partial charge in [0, 0.05) is 16.6 Å². The van der Waals surface area contributed by atoms with Crippen molar-refractivity contribution in [3.8, 4) is 0 Å². The van der Waals surface area contributed by atoms with E-state index in [1.165, 1.54) is 13.0 Å². The van der Waals surface area contributed by atoms with E-state index in [2.05, 4.69) is 0 Å². The number of rotatable bonds is 4. The second-order valence-electron chi connectivity index (χ2n) is 9.31. The number of carbonyl (C=O) groups excluding carboxylic acids is 2. The van der Waals surface area contributed by atoms with Crippen molar-refractivity contribution in [1.82, 2.24) is 0 Å². The Morgan fingerprint density at radius 1 is 1.32 bits per heavy atom. The van der Waals surface area contributed by atoms with E-state index in [4.69, 9.17) is 4.74 Å². The summed E-state index contributed by atoms with van der Waals surface area (Å²) in [7, 11) is -4.85. The van der Waals surface area contributed by atoms with Gasteiger partial charge in [0.25, 0.3) is 0 Å². The summed E-state index contributed by atoms with van der Waals surface area (Å²) in [6.07, 6.45) is 5.29. The molecule has 0 aromatic rings. The molecule has 31 heavy (non-hydrogen) atoms. The van der Waals surface area contributed by atoms with E-state index in [-0.39, 0.29) is 12.0 Å². The van der Waals surface area contributed by atoms with Gasteiger partial charge >= 0.3 is 16.2 Å². The van der Waals surface area contributed by atoms with E-state index in [1.807, 2.05) is 6.92 Å². The van der Waals surface area contributed by atoms with E-state index in [0.29, 0.717) is 18.4 Å². The smallest absolute Gasteiger partial charge is 0.331 e. The molecule has 0 heterocycles. The number of hydrogen-bond acceptors (Lipinski definition) is 7. The van der Waals surface area contributed by atoms with E-state index in [9.17, 15) is 32.1 Å². The van der Waals surface area contributed by atoms with Crippen LogP contribution in [0.1, 0.15) is 40.0 Å². The molecule has 9 heteroatoms. The van der Waals surface area contributed by atoms with Crippen molar-refractivity contribution < 1.29 is 36.8 Å². The Labute approximate surface area is 180 Å². The SMILES string of the molecule is CC1=C2C(=C[C@@](C)(CO)[C@@H]2OC(=O)C2C=CC(S(=O)(=O)F)=CC2)C(=O)[C@](C)(O)C12CC2. The summed E-state index contributed by atoms with van der Waals surface area (Å²) >= 11 is 0. The highest BCUT2D eigenvalue weighted by Gasteiger charge is 2.67. The summed E-state index contributed by atoms with van der Waals surface area (Å²) in [5, 5.41) is 21.0. The molecule has 7 nitrogen and oxygen atoms in total. The first-order valence-electron chi connectivity index (χ1n) is 10.1. The quantitative estimate of drug-likeness (QED) is 0.495. The molecule has 4 aliphatic carbocycles. The summed E-state index contributed by atoms with van der Waals surface area (Å²) in [6.45, 7) is 4.61. The number of ketones is 1. The van der Waals surface area contributed by atoms with Crippen LogP contribution in [0.4, 0.5) is 3.89 Å². The maximum atomic E-state index is 13.1. The van der Waals surface area contributed by atoms with Crippen LogP contribution in [0.15, 0.2) is 45.9 Å². The van der Waals surface area contributed by atoms with E-state index < -0.39 is 61.9 Å². The number of aliphatic hydroxyl groups excluding tert-OH is 1. The Bertz CT molecular complexity index is 1100. The van der Waals surface area contributed by atoms with Gasteiger partial charge < -0.3 is 14.9 Å². The van der Waals surface area contributed by atoms with Gasteiger partial charge in [-0.2, -0.15) is 8.42 Å². The first-order valence-corrected chi connectivity index (χ1v) is 11.5. The molecule has 2 N–H and O–H groups in total. The fraction of sp³-hybridized carbons (Fsp3) is 0.545. The Morgan fingerprint density at radius 3 is 2.45 bits per heavy atom.